The largest absolute Gasteiger partial charge is 0.464 e. The highest BCUT2D eigenvalue weighted by Gasteiger charge is 2.15. The van der Waals surface area contributed by atoms with E-state index in [9.17, 15) is 4.79 Å². The Hall–Kier alpha value is -2.39. The Morgan fingerprint density at radius 1 is 0.947 bits per heavy atom. The standard InChI is InChI=1S/C16H13NO2/c17-15(11-6-2-1-3-7-11)13-10-19-14-9-5-4-8-12(14)16(13)18/h1-10,15H,17H2. The predicted molar refractivity (Wildman–Crippen MR) is 75.0 cm³/mol. The van der Waals surface area contributed by atoms with Gasteiger partial charge in [-0.05, 0) is 17.7 Å². The monoisotopic (exact) mass is 251 g/mol. The van der Waals surface area contributed by atoms with Crippen molar-refractivity contribution in [3.63, 3.8) is 0 Å². The molecule has 0 bridgehead atoms. The SMILES string of the molecule is NC(c1ccccc1)c1coc2ccccc2c1=O. The van der Waals surface area contributed by atoms with E-state index >= 15 is 0 Å². The number of benzene rings is 2. The van der Waals surface area contributed by atoms with Crippen molar-refractivity contribution in [3.05, 3.63) is 82.2 Å². The van der Waals surface area contributed by atoms with Crippen molar-refractivity contribution in [2.24, 2.45) is 5.73 Å². The fraction of sp³-hybridized carbons (Fsp3) is 0.0625. The van der Waals surface area contributed by atoms with Gasteiger partial charge in [0.1, 0.15) is 11.8 Å². The van der Waals surface area contributed by atoms with E-state index in [0.717, 1.165) is 5.56 Å². The van der Waals surface area contributed by atoms with Crippen LogP contribution in [0.25, 0.3) is 11.0 Å². The Morgan fingerprint density at radius 2 is 1.63 bits per heavy atom. The third kappa shape index (κ3) is 2.04. The highest BCUT2D eigenvalue weighted by Crippen LogP contribution is 2.19. The molecule has 3 nitrogen and oxygen atoms in total. The van der Waals surface area contributed by atoms with Crippen molar-refractivity contribution in [2.75, 3.05) is 0 Å². The molecule has 0 spiro atoms. The van der Waals surface area contributed by atoms with Gasteiger partial charge in [-0.15, -0.1) is 0 Å². The average Bonchev–Trinajstić information content (AvgIpc) is 2.48. The lowest BCUT2D eigenvalue weighted by Gasteiger charge is -2.11. The lowest BCUT2D eigenvalue weighted by molar-refractivity contribution is 0.586. The average molecular weight is 251 g/mol. The molecule has 3 heteroatoms. The Balaban J connectivity index is 2.16. The van der Waals surface area contributed by atoms with Crippen LogP contribution in [0.2, 0.25) is 0 Å². The normalized spacial score (nSPS) is 12.5. The maximum atomic E-state index is 12.4. The van der Waals surface area contributed by atoms with Crippen LogP contribution in [0.1, 0.15) is 17.2 Å². The Morgan fingerprint density at radius 3 is 2.42 bits per heavy atom. The van der Waals surface area contributed by atoms with Crippen molar-refractivity contribution >= 4 is 11.0 Å². The van der Waals surface area contributed by atoms with Gasteiger partial charge in [-0.3, -0.25) is 4.79 Å². The van der Waals surface area contributed by atoms with Crippen LogP contribution in [0.3, 0.4) is 0 Å². The van der Waals surface area contributed by atoms with Crippen LogP contribution in [-0.4, -0.2) is 0 Å². The fourth-order valence-electron chi connectivity index (χ4n) is 2.15. The van der Waals surface area contributed by atoms with Crippen molar-refractivity contribution in [1.82, 2.24) is 0 Å². The number of fused-ring (bicyclic) bond motifs is 1. The molecule has 0 radical (unpaired) electrons. The minimum atomic E-state index is -0.470. The molecule has 1 atom stereocenters. The van der Waals surface area contributed by atoms with Gasteiger partial charge in [-0.2, -0.15) is 0 Å². The summed E-state index contributed by atoms with van der Waals surface area (Å²) in [5.41, 5.74) is 8.03. The Labute approximate surface area is 110 Å². The van der Waals surface area contributed by atoms with Gasteiger partial charge in [0.05, 0.1) is 17.0 Å². The number of rotatable bonds is 2. The van der Waals surface area contributed by atoms with Gasteiger partial charge in [-0.1, -0.05) is 42.5 Å². The lowest BCUT2D eigenvalue weighted by atomic mass is 10.00. The molecule has 94 valence electrons. The van der Waals surface area contributed by atoms with Gasteiger partial charge in [0.15, 0.2) is 5.43 Å². The maximum absolute atomic E-state index is 12.4. The summed E-state index contributed by atoms with van der Waals surface area (Å²) < 4.78 is 5.49. The van der Waals surface area contributed by atoms with Gasteiger partial charge in [0, 0.05) is 0 Å². The smallest absolute Gasteiger partial charge is 0.197 e. The van der Waals surface area contributed by atoms with Crippen LogP contribution in [0.5, 0.6) is 0 Å². The maximum Gasteiger partial charge on any atom is 0.197 e. The second kappa shape index (κ2) is 4.71. The van der Waals surface area contributed by atoms with Crippen LogP contribution in [0.15, 0.2) is 70.1 Å². The summed E-state index contributed by atoms with van der Waals surface area (Å²) in [6, 6.07) is 16.2. The Bertz CT molecular complexity index is 762. The molecule has 0 aliphatic heterocycles. The molecule has 0 aliphatic carbocycles. The molecule has 2 aromatic carbocycles. The zero-order chi connectivity index (χ0) is 13.2. The molecule has 1 heterocycles. The fourth-order valence-corrected chi connectivity index (χ4v) is 2.15. The van der Waals surface area contributed by atoms with E-state index in [1.54, 1.807) is 12.1 Å². The zero-order valence-corrected chi connectivity index (χ0v) is 10.2. The van der Waals surface area contributed by atoms with Crippen LogP contribution >= 0.6 is 0 Å². The quantitative estimate of drug-likeness (QED) is 0.762. The van der Waals surface area contributed by atoms with Gasteiger partial charge in [-0.25, -0.2) is 0 Å². The number of nitrogens with two attached hydrogens (primary N) is 1. The van der Waals surface area contributed by atoms with Crippen molar-refractivity contribution in [3.8, 4) is 0 Å². The zero-order valence-electron chi connectivity index (χ0n) is 10.2. The van der Waals surface area contributed by atoms with Gasteiger partial charge < -0.3 is 10.2 Å². The van der Waals surface area contributed by atoms with Crippen LogP contribution in [-0.2, 0) is 0 Å². The second-order valence-corrected chi connectivity index (χ2v) is 4.40. The first-order valence-electron chi connectivity index (χ1n) is 6.08. The summed E-state index contributed by atoms with van der Waals surface area (Å²) >= 11 is 0. The topological polar surface area (TPSA) is 56.2 Å². The van der Waals surface area contributed by atoms with Crippen LogP contribution in [0, 0.1) is 0 Å². The van der Waals surface area contributed by atoms with Gasteiger partial charge in [0.2, 0.25) is 0 Å². The third-order valence-corrected chi connectivity index (χ3v) is 3.20. The molecular weight excluding hydrogens is 238 g/mol. The van der Waals surface area contributed by atoms with E-state index in [-0.39, 0.29) is 5.43 Å². The minimum absolute atomic E-state index is 0.0711. The number of hydrogen-bond donors (Lipinski definition) is 1. The first kappa shape index (κ1) is 11.7. The van der Waals surface area contributed by atoms with Crippen LogP contribution < -0.4 is 11.2 Å². The molecular formula is C16H13NO2. The highest BCUT2D eigenvalue weighted by atomic mass is 16.3. The van der Waals surface area contributed by atoms with Crippen LogP contribution in [0.4, 0.5) is 0 Å². The van der Waals surface area contributed by atoms with E-state index in [1.807, 2.05) is 42.5 Å². The van der Waals surface area contributed by atoms with Crippen molar-refractivity contribution < 1.29 is 4.42 Å². The Kier molecular flexibility index (Phi) is 2.89. The summed E-state index contributed by atoms with van der Waals surface area (Å²) in [6.07, 6.45) is 1.46. The second-order valence-electron chi connectivity index (χ2n) is 4.40. The molecule has 2 N–H and O–H groups in total. The molecule has 19 heavy (non-hydrogen) atoms. The molecule has 0 saturated carbocycles. The summed E-state index contributed by atoms with van der Waals surface area (Å²) in [6.45, 7) is 0. The van der Waals surface area contributed by atoms with Gasteiger partial charge >= 0.3 is 0 Å². The summed E-state index contributed by atoms with van der Waals surface area (Å²) in [5, 5.41) is 0.561. The predicted octanol–water partition coefficient (Wildman–Crippen LogP) is 2.84. The number of para-hydroxylation sites is 1. The van der Waals surface area contributed by atoms with Gasteiger partial charge in [0.25, 0.3) is 0 Å². The van der Waals surface area contributed by atoms with Crippen molar-refractivity contribution in [1.29, 1.82) is 0 Å². The van der Waals surface area contributed by atoms with Crippen molar-refractivity contribution in [2.45, 2.75) is 6.04 Å². The van der Waals surface area contributed by atoms with E-state index in [4.69, 9.17) is 10.2 Å². The summed E-state index contributed by atoms with van der Waals surface area (Å²) in [7, 11) is 0. The van der Waals surface area contributed by atoms with E-state index in [2.05, 4.69) is 0 Å². The molecule has 0 fully saturated rings. The molecule has 0 amide bonds. The first-order valence-corrected chi connectivity index (χ1v) is 6.08. The molecule has 3 rings (SSSR count). The molecule has 3 aromatic rings. The minimum Gasteiger partial charge on any atom is -0.464 e. The summed E-state index contributed by atoms with van der Waals surface area (Å²) in [5.74, 6) is 0. The summed E-state index contributed by atoms with van der Waals surface area (Å²) in [4.78, 5) is 12.4. The lowest BCUT2D eigenvalue weighted by Crippen LogP contribution is -2.20. The molecule has 0 saturated heterocycles. The first-order chi connectivity index (χ1) is 9.27. The number of hydrogen-bond acceptors (Lipinski definition) is 3. The molecule has 1 unspecified atom stereocenters. The third-order valence-electron chi connectivity index (χ3n) is 3.20. The molecule has 0 aliphatic rings. The highest BCUT2D eigenvalue weighted by molar-refractivity contribution is 5.76. The molecule has 1 aromatic heterocycles. The van der Waals surface area contributed by atoms with E-state index < -0.39 is 6.04 Å². The van der Waals surface area contributed by atoms with E-state index in [0.29, 0.717) is 16.5 Å². The van der Waals surface area contributed by atoms with E-state index in [1.165, 1.54) is 6.26 Å².